The van der Waals surface area contributed by atoms with E-state index in [-0.39, 0.29) is 17.2 Å². The van der Waals surface area contributed by atoms with Crippen LogP contribution in [-0.4, -0.2) is 17.6 Å². The molecular formula is C23H19BrN2O2S. The van der Waals surface area contributed by atoms with E-state index in [9.17, 15) is 9.59 Å². The van der Waals surface area contributed by atoms with Crippen molar-refractivity contribution in [2.45, 2.75) is 12.3 Å². The summed E-state index contributed by atoms with van der Waals surface area (Å²) in [5, 5.41) is 2.83. The van der Waals surface area contributed by atoms with E-state index in [0.29, 0.717) is 17.0 Å². The van der Waals surface area contributed by atoms with Crippen molar-refractivity contribution in [2.75, 3.05) is 16.0 Å². The van der Waals surface area contributed by atoms with Gasteiger partial charge >= 0.3 is 0 Å². The quantitative estimate of drug-likeness (QED) is 0.529. The Morgan fingerprint density at radius 2 is 1.79 bits per heavy atom. The van der Waals surface area contributed by atoms with Crippen LogP contribution in [0.1, 0.15) is 26.9 Å². The minimum absolute atomic E-state index is 0.0909. The summed E-state index contributed by atoms with van der Waals surface area (Å²) in [7, 11) is 0. The molecule has 1 atom stereocenters. The second-order valence-electron chi connectivity index (χ2n) is 6.85. The smallest absolute Gasteiger partial charge is 0.255 e. The van der Waals surface area contributed by atoms with Crippen LogP contribution in [0.4, 0.5) is 11.4 Å². The number of nitrogens with zero attached hydrogens (tertiary/aromatic N) is 1. The molecule has 0 saturated carbocycles. The van der Waals surface area contributed by atoms with E-state index >= 15 is 0 Å². The van der Waals surface area contributed by atoms with Crippen LogP contribution >= 0.6 is 27.7 Å². The lowest BCUT2D eigenvalue weighted by molar-refractivity contribution is -0.115. The Kier molecular flexibility index (Phi) is 5.74. The van der Waals surface area contributed by atoms with Crippen molar-refractivity contribution in [2.24, 2.45) is 0 Å². The van der Waals surface area contributed by atoms with Crippen LogP contribution in [0.3, 0.4) is 0 Å². The number of hydrogen-bond donors (Lipinski definition) is 1. The maximum atomic E-state index is 12.6. The van der Waals surface area contributed by atoms with E-state index in [1.54, 1.807) is 23.9 Å². The van der Waals surface area contributed by atoms with Gasteiger partial charge in [-0.3, -0.25) is 14.5 Å². The Morgan fingerprint density at radius 3 is 2.52 bits per heavy atom. The minimum Gasteiger partial charge on any atom is -0.322 e. The van der Waals surface area contributed by atoms with Gasteiger partial charge in [0.2, 0.25) is 5.91 Å². The van der Waals surface area contributed by atoms with Crippen molar-refractivity contribution >= 4 is 50.9 Å². The number of aryl methyl sites for hydroxylation is 1. The Balaban J connectivity index is 1.57. The van der Waals surface area contributed by atoms with Crippen LogP contribution in [0.2, 0.25) is 0 Å². The van der Waals surface area contributed by atoms with E-state index in [2.05, 4.69) is 21.2 Å². The minimum atomic E-state index is -0.166. The number of anilines is 2. The van der Waals surface area contributed by atoms with Gasteiger partial charge < -0.3 is 5.32 Å². The third-order valence-corrected chi connectivity index (χ3v) is 6.46. The van der Waals surface area contributed by atoms with Crippen LogP contribution in [0.5, 0.6) is 0 Å². The highest BCUT2D eigenvalue weighted by molar-refractivity contribution is 9.10. The van der Waals surface area contributed by atoms with Crippen molar-refractivity contribution in [1.29, 1.82) is 0 Å². The number of carbonyl (C=O) groups is 2. The Morgan fingerprint density at radius 1 is 1.07 bits per heavy atom. The molecule has 1 aliphatic rings. The van der Waals surface area contributed by atoms with E-state index in [1.165, 1.54) is 0 Å². The third kappa shape index (κ3) is 4.38. The topological polar surface area (TPSA) is 49.4 Å². The summed E-state index contributed by atoms with van der Waals surface area (Å²) in [4.78, 5) is 26.9. The zero-order valence-corrected chi connectivity index (χ0v) is 18.2. The molecule has 0 unspecified atom stereocenters. The number of rotatable bonds is 4. The van der Waals surface area contributed by atoms with Crippen LogP contribution < -0.4 is 10.2 Å². The fourth-order valence-corrected chi connectivity index (χ4v) is 4.66. The van der Waals surface area contributed by atoms with Crippen LogP contribution in [0, 0.1) is 6.92 Å². The molecule has 29 heavy (non-hydrogen) atoms. The number of amides is 2. The summed E-state index contributed by atoms with van der Waals surface area (Å²) in [5.74, 6) is 0.363. The number of halogens is 1. The summed E-state index contributed by atoms with van der Waals surface area (Å²) in [6.07, 6.45) is 0. The zero-order chi connectivity index (χ0) is 20.4. The summed E-state index contributed by atoms with van der Waals surface area (Å²) in [5.41, 5.74) is 4.32. The molecule has 1 N–H and O–H groups in total. The highest BCUT2D eigenvalue weighted by Gasteiger charge is 2.34. The first-order valence-electron chi connectivity index (χ1n) is 9.18. The fourth-order valence-electron chi connectivity index (χ4n) is 3.23. The standard InChI is InChI=1S/C23H19BrN2O2S/c1-15-5-11-20(12-6-15)26-21(27)14-29-23(26)17-3-2-4-19(13-17)25-22(28)16-7-9-18(24)10-8-16/h2-13,23H,14H2,1H3,(H,25,28)/t23-/m0/s1. The van der Waals surface area contributed by atoms with Gasteiger partial charge in [0, 0.05) is 21.4 Å². The summed E-state index contributed by atoms with van der Waals surface area (Å²) in [6.45, 7) is 2.03. The van der Waals surface area contributed by atoms with Gasteiger partial charge in [-0.25, -0.2) is 0 Å². The lowest BCUT2D eigenvalue weighted by Crippen LogP contribution is -2.27. The Labute approximate surface area is 182 Å². The van der Waals surface area contributed by atoms with E-state index in [1.807, 2.05) is 72.5 Å². The molecule has 0 bridgehead atoms. The van der Waals surface area contributed by atoms with Crippen molar-refractivity contribution in [1.82, 2.24) is 0 Å². The molecule has 1 saturated heterocycles. The molecule has 3 aromatic carbocycles. The third-order valence-electron chi connectivity index (χ3n) is 4.72. The fraction of sp³-hybridized carbons (Fsp3) is 0.130. The Hall–Kier alpha value is -2.57. The molecular weight excluding hydrogens is 448 g/mol. The predicted octanol–water partition coefficient (Wildman–Crippen LogP) is 5.79. The van der Waals surface area contributed by atoms with Gasteiger partial charge in [-0.1, -0.05) is 45.8 Å². The largest absolute Gasteiger partial charge is 0.322 e. The van der Waals surface area contributed by atoms with Crippen molar-refractivity contribution in [3.8, 4) is 0 Å². The summed E-state index contributed by atoms with van der Waals surface area (Å²) < 4.78 is 0.926. The maximum Gasteiger partial charge on any atom is 0.255 e. The molecule has 4 rings (SSSR count). The molecule has 3 aromatic rings. The first kappa shape index (κ1) is 19.7. The molecule has 1 aliphatic heterocycles. The molecule has 0 radical (unpaired) electrons. The molecule has 1 heterocycles. The molecule has 0 aromatic heterocycles. The van der Waals surface area contributed by atoms with Crippen LogP contribution in [0.15, 0.2) is 77.3 Å². The highest BCUT2D eigenvalue weighted by Crippen LogP contribution is 2.42. The average Bonchev–Trinajstić information content (AvgIpc) is 3.11. The molecule has 6 heteroatoms. The predicted molar refractivity (Wildman–Crippen MR) is 122 cm³/mol. The Bertz CT molecular complexity index is 1050. The molecule has 0 spiro atoms. The second kappa shape index (κ2) is 8.43. The van der Waals surface area contributed by atoms with Crippen LogP contribution in [0.25, 0.3) is 0 Å². The summed E-state index contributed by atoms with van der Waals surface area (Å²) >= 11 is 4.97. The van der Waals surface area contributed by atoms with Crippen molar-refractivity contribution < 1.29 is 9.59 Å². The lowest BCUT2D eigenvalue weighted by atomic mass is 10.1. The monoisotopic (exact) mass is 466 g/mol. The van der Waals surface area contributed by atoms with Crippen molar-refractivity contribution in [3.05, 3.63) is 94.0 Å². The van der Waals surface area contributed by atoms with Crippen molar-refractivity contribution in [3.63, 3.8) is 0 Å². The SMILES string of the molecule is Cc1ccc(N2C(=O)CS[C@H]2c2cccc(NC(=O)c3ccc(Br)cc3)c2)cc1. The van der Waals surface area contributed by atoms with Gasteiger partial charge in [0.15, 0.2) is 0 Å². The molecule has 146 valence electrons. The number of thioether (sulfide) groups is 1. The van der Waals surface area contributed by atoms with E-state index in [0.717, 1.165) is 21.3 Å². The van der Waals surface area contributed by atoms with Gasteiger partial charge in [-0.2, -0.15) is 0 Å². The van der Waals surface area contributed by atoms with E-state index < -0.39 is 0 Å². The van der Waals surface area contributed by atoms with Gasteiger partial charge in [-0.15, -0.1) is 11.8 Å². The average molecular weight is 467 g/mol. The normalized spacial score (nSPS) is 16.1. The van der Waals surface area contributed by atoms with Crippen LogP contribution in [-0.2, 0) is 4.79 Å². The molecule has 2 amide bonds. The van der Waals surface area contributed by atoms with E-state index in [4.69, 9.17) is 0 Å². The number of nitrogens with one attached hydrogen (secondary N) is 1. The zero-order valence-electron chi connectivity index (χ0n) is 15.8. The lowest BCUT2D eigenvalue weighted by Gasteiger charge is -2.25. The molecule has 0 aliphatic carbocycles. The summed E-state index contributed by atoms with van der Waals surface area (Å²) in [6, 6.07) is 22.9. The second-order valence-corrected chi connectivity index (χ2v) is 8.83. The van der Waals surface area contributed by atoms with Gasteiger partial charge in [0.25, 0.3) is 5.91 Å². The maximum absolute atomic E-state index is 12.6. The first-order chi connectivity index (χ1) is 14.0. The number of benzene rings is 3. The molecule has 1 fully saturated rings. The number of hydrogen-bond acceptors (Lipinski definition) is 3. The van der Waals surface area contributed by atoms with Gasteiger partial charge in [0.05, 0.1) is 5.75 Å². The highest BCUT2D eigenvalue weighted by atomic mass is 79.9. The molecule has 4 nitrogen and oxygen atoms in total. The van der Waals surface area contributed by atoms with Gasteiger partial charge in [-0.05, 0) is 61.0 Å². The number of carbonyl (C=O) groups excluding carboxylic acids is 2. The van der Waals surface area contributed by atoms with Gasteiger partial charge in [0.1, 0.15) is 5.37 Å². The first-order valence-corrected chi connectivity index (χ1v) is 11.0.